The number of allylic oxidation sites excluding steroid dienone is 2. The summed E-state index contributed by atoms with van der Waals surface area (Å²) >= 11 is 12.9. The molecule has 7 heteroatoms. The minimum atomic E-state index is -1.78. The van der Waals surface area contributed by atoms with Crippen LogP contribution in [0.4, 0.5) is 17.6 Å². The number of alkyl halides is 2. The van der Waals surface area contributed by atoms with Crippen LogP contribution in [0.1, 0.15) is 36.8 Å². The zero-order chi connectivity index (χ0) is 18.0. The van der Waals surface area contributed by atoms with Gasteiger partial charge in [0.15, 0.2) is 23.3 Å². The molecule has 0 aromatic heterocycles. The zero-order valence-corrected chi connectivity index (χ0v) is 14.8. The smallest absolute Gasteiger partial charge is 0.197 e. The van der Waals surface area contributed by atoms with E-state index in [2.05, 4.69) is 0 Å². The second-order valence-electron chi connectivity index (χ2n) is 7.87. The summed E-state index contributed by atoms with van der Waals surface area (Å²) in [6.45, 7) is 3.64. The van der Waals surface area contributed by atoms with E-state index in [0.29, 0.717) is 0 Å². The zero-order valence-electron chi connectivity index (χ0n) is 13.3. The van der Waals surface area contributed by atoms with E-state index in [1.165, 1.54) is 0 Å². The Hall–Kier alpha value is -0.780. The Bertz CT molecular complexity index is 795. The third-order valence-electron chi connectivity index (χ3n) is 6.64. The fraction of sp³-hybridized carbons (Fsp3) is 0.556. The van der Waals surface area contributed by atoms with Crippen molar-refractivity contribution in [3.8, 4) is 0 Å². The van der Waals surface area contributed by atoms with E-state index in [1.807, 2.05) is 13.8 Å². The van der Waals surface area contributed by atoms with Crippen molar-refractivity contribution in [3.63, 3.8) is 0 Å². The summed E-state index contributed by atoms with van der Waals surface area (Å²) in [7, 11) is 0. The monoisotopic (exact) mass is 392 g/mol. The van der Waals surface area contributed by atoms with E-state index in [4.69, 9.17) is 27.9 Å². The largest absolute Gasteiger partial charge is 0.362 e. The van der Waals surface area contributed by atoms with E-state index in [1.54, 1.807) is 12.2 Å². The van der Waals surface area contributed by atoms with Crippen molar-refractivity contribution in [2.24, 2.45) is 11.8 Å². The molecule has 0 radical (unpaired) electrons. The van der Waals surface area contributed by atoms with Crippen LogP contribution in [0.5, 0.6) is 0 Å². The summed E-state index contributed by atoms with van der Waals surface area (Å²) in [5.74, 6) is -8.22. The lowest BCUT2D eigenvalue weighted by Gasteiger charge is -2.38. The van der Waals surface area contributed by atoms with Gasteiger partial charge < -0.3 is 4.74 Å². The number of halogens is 6. The average molecular weight is 393 g/mol. The quantitative estimate of drug-likeness (QED) is 0.151. The lowest BCUT2D eigenvalue weighted by Crippen LogP contribution is -2.37. The number of epoxide rings is 1. The Morgan fingerprint density at radius 1 is 0.800 bits per heavy atom. The highest BCUT2D eigenvalue weighted by Gasteiger charge is 2.83. The van der Waals surface area contributed by atoms with Crippen molar-refractivity contribution >= 4 is 23.2 Å². The molecular formula is C18H14Cl2F4O. The third kappa shape index (κ3) is 1.58. The van der Waals surface area contributed by atoms with Crippen LogP contribution in [0.15, 0.2) is 12.2 Å². The fourth-order valence-corrected chi connectivity index (χ4v) is 6.63. The lowest BCUT2D eigenvalue weighted by atomic mass is 9.70. The summed E-state index contributed by atoms with van der Waals surface area (Å²) < 4.78 is 63.2. The van der Waals surface area contributed by atoms with Gasteiger partial charge in [0.25, 0.3) is 0 Å². The maximum atomic E-state index is 14.7. The normalized spacial score (nSPS) is 45.0. The number of benzene rings is 1. The molecule has 7 atom stereocenters. The highest BCUT2D eigenvalue weighted by molar-refractivity contribution is 6.24. The topological polar surface area (TPSA) is 12.5 Å². The van der Waals surface area contributed by atoms with Crippen LogP contribution in [0.3, 0.4) is 0 Å². The van der Waals surface area contributed by atoms with Crippen LogP contribution in [0, 0.1) is 35.1 Å². The second-order valence-corrected chi connectivity index (χ2v) is 8.88. The van der Waals surface area contributed by atoms with Gasteiger partial charge in [-0.15, -0.1) is 23.2 Å². The van der Waals surface area contributed by atoms with Gasteiger partial charge in [-0.3, -0.25) is 0 Å². The SMILES string of the molecule is CC1(C)OC12[C@@H]1c3c(F)c(F)c(F)c(F)c3[C@H]2[C@@H]2[C@H]1[C@@H](Cl)C=C[C@H]2Cl. The second kappa shape index (κ2) is 4.55. The third-order valence-corrected chi connectivity index (χ3v) is 7.51. The number of ether oxygens (including phenoxy) is 1. The van der Waals surface area contributed by atoms with Crippen LogP contribution in [-0.4, -0.2) is 22.0 Å². The molecule has 1 aromatic rings. The minimum Gasteiger partial charge on any atom is -0.362 e. The first-order chi connectivity index (χ1) is 11.6. The Morgan fingerprint density at radius 2 is 1.16 bits per heavy atom. The van der Waals surface area contributed by atoms with Gasteiger partial charge in [0.1, 0.15) is 5.60 Å². The van der Waals surface area contributed by atoms with Crippen molar-refractivity contribution in [1.29, 1.82) is 0 Å². The van der Waals surface area contributed by atoms with E-state index in [-0.39, 0.29) is 23.0 Å². The lowest BCUT2D eigenvalue weighted by molar-refractivity contribution is 0.251. The van der Waals surface area contributed by atoms with Crippen molar-refractivity contribution < 1.29 is 22.3 Å². The molecule has 0 amide bonds. The molecule has 1 nitrogen and oxygen atoms in total. The van der Waals surface area contributed by atoms with Gasteiger partial charge in [-0.25, -0.2) is 17.6 Å². The average Bonchev–Trinajstić information content (AvgIpc) is 2.86. The Kier molecular flexibility index (Phi) is 2.98. The van der Waals surface area contributed by atoms with Crippen LogP contribution < -0.4 is 0 Å². The number of hydrogen-bond acceptors (Lipinski definition) is 1. The molecule has 1 saturated heterocycles. The molecule has 1 unspecified atom stereocenters. The molecule has 0 N–H and O–H groups in total. The molecule has 1 aromatic carbocycles. The van der Waals surface area contributed by atoms with Crippen molar-refractivity contribution in [2.45, 2.75) is 47.6 Å². The fourth-order valence-electron chi connectivity index (χ4n) is 5.83. The summed E-state index contributed by atoms with van der Waals surface area (Å²) in [5, 5.41) is -0.925. The summed E-state index contributed by atoms with van der Waals surface area (Å²) in [4.78, 5) is 0. The molecule has 1 heterocycles. The van der Waals surface area contributed by atoms with Gasteiger partial charge >= 0.3 is 0 Å². The molecule has 1 spiro atoms. The first kappa shape index (κ1) is 16.4. The maximum absolute atomic E-state index is 14.7. The standard InChI is InChI=1S/C18H14Cl2F4O/c1-17(2)18(25-17)11-7-5(19)3-4-6(20)8(7)12(18)10-9(11)13(21)15(23)16(24)14(10)22/h3-8,11-12H,1-2H3/t5-,6+,7+,8-,11-,12+,18?. The van der Waals surface area contributed by atoms with E-state index < -0.39 is 57.1 Å². The summed E-state index contributed by atoms with van der Waals surface area (Å²) in [6, 6.07) is 0. The molecule has 3 aliphatic carbocycles. The van der Waals surface area contributed by atoms with E-state index in [0.717, 1.165) is 0 Å². The van der Waals surface area contributed by atoms with Crippen LogP contribution in [-0.2, 0) is 4.74 Å². The molecule has 2 fully saturated rings. The van der Waals surface area contributed by atoms with Gasteiger partial charge in [0, 0.05) is 23.0 Å². The van der Waals surface area contributed by atoms with E-state index in [9.17, 15) is 17.6 Å². The maximum Gasteiger partial charge on any atom is 0.197 e. The van der Waals surface area contributed by atoms with Crippen molar-refractivity contribution in [1.82, 2.24) is 0 Å². The van der Waals surface area contributed by atoms with Gasteiger partial charge in [0.2, 0.25) is 0 Å². The molecule has 1 aliphatic heterocycles. The Balaban J connectivity index is 1.84. The first-order valence-corrected chi connectivity index (χ1v) is 9.04. The van der Waals surface area contributed by atoms with Crippen LogP contribution >= 0.6 is 23.2 Å². The Morgan fingerprint density at radius 3 is 1.48 bits per heavy atom. The highest BCUT2D eigenvalue weighted by Crippen LogP contribution is 2.79. The predicted octanol–water partition coefficient (Wildman–Crippen LogP) is 5.00. The number of rotatable bonds is 0. The predicted molar refractivity (Wildman–Crippen MR) is 85.1 cm³/mol. The molecule has 4 aliphatic rings. The van der Waals surface area contributed by atoms with Gasteiger partial charge in [-0.2, -0.15) is 0 Å². The van der Waals surface area contributed by atoms with Crippen LogP contribution in [0.2, 0.25) is 0 Å². The van der Waals surface area contributed by atoms with Crippen molar-refractivity contribution in [3.05, 3.63) is 46.5 Å². The number of hydrogen-bond donors (Lipinski definition) is 0. The minimum absolute atomic E-state index is 0.127. The molecule has 2 bridgehead atoms. The molecule has 134 valence electrons. The summed E-state index contributed by atoms with van der Waals surface area (Å²) in [5.41, 5.74) is -1.87. The number of fused-ring (bicyclic) bond motifs is 6. The van der Waals surface area contributed by atoms with E-state index >= 15 is 0 Å². The Labute approximate surface area is 151 Å². The highest BCUT2D eigenvalue weighted by atomic mass is 35.5. The van der Waals surface area contributed by atoms with Gasteiger partial charge in [0.05, 0.1) is 16.4 Å². The van der Waals surface area contributed by atoms with Gasteiger partial charge in [-0.1, -0.05) is 12.2 Å². The first-order valence-electron chi connectivity index (χ1n) is 8.17. The summed E-state index contributed by atoms with van der Waals surface area (Å²) in [6.07, 6.45) is 3.47. The molecule has 1 saturated carbocycles. The molecule has 5 rings (SSSR count). The molecular weight excluding hydrogens is 379 g/mol. The van der Waals surface area contributed by atoms with Crippen molar-refractivity contribution in [2.75, 3.05) is 0 Å². The van der Waals surface area contributed by atoms with Gasteiger partial charge in [-0.05, 0) is 25.7 Å². The van der Waals surface area contributed by atoms with Crippen LogP contribution in [0.25, 0.3) is 0 Å². The molecule has 25 heavy (non-hydrogen) atoms.